The average Bonchev–Trinajstić information content (AvgIpc) is 3.43. The van der Waals surface area contributed by atoms with E-state index >= 15 is 0 Å². The van der Waals surface area contributed by atoms with Crippen LogP contribution in [0.1, 0.15) is 35.9 Å². The summed E-state index contributed by atoms with van der Waals surface area (Å²) < 4.78 is 55.2. The third-order valence-electron chi connectivity index (χ3n) is 5.41. The SMILES string of the molecule is COc1ccc(OC)c([C@H]2CCCN2Cc2nc(-c3cccc(C(F)(F)F)c3)no2)c1. The highest BCUT2D eigenvalue weighted by Gasteiger charge is 2.32. The first-order valence-electron chi connectivity index (χ1n) is 9.85. The molecule has 3 aromatic rings. The number of nitrogens with zero attached hydrogens (tertiary/aromatic N) is 3. The van der Waals surface area contributed by atoms with Crippen molar-refractivity contribution >= 4 is 0 Å². The van der Waals surface area contributed by atoms with Crippen molar-refractivity contribution in [2.24, 2.45) is 0 Å². The minimum absolute atomic E-state index is 0.0777. The average molecular weight is 433 g/mol. The van der Waals surface area contributed by atoms with Crippen molar-refractivity contribution < 1.29 is 27.2 Å². The summed E-state index contributed by atoms with van der Waals surface area (Å²) in [5.41, 5.74) is 0.523. The Labute approximate surface area is 177 Å². The van der Waals surface area contributed by atoms with Crippen LogP contribution in [0.5, 0.6) is 11.5 Å². The Kier molecular flexibility index (Phi) is 5.86. The van der Waals surface area contributed by atoms with Gasteiger partial charge < -0.3 is 14.0 Å². The lowest BCUT2D eigenvalue weighted by atomic mass is 10.0. The van der Waals surface area contributed by atoms with E-state index in [1.165, 1.54) is 12.1 Å². The predicted octanol–water partition coefficient (Wildman–Crippen LogP) is 5.11. The zero-order chi connectivity index (χ0) is 22.0. The number of methoxy groups -OCH3 is 2. The van der Waals surface area contributed by atoms with E-state index in [9.17, 15) is 13.2 Å². The van der Waals surface area contributed by atoms with E-state index in [4.69, 9.17) is 14.0 Å². The number of hydrogen-bond acceptors (Lipinski definition) is 6. The normalized spacial score (nSPS) is 17.1. The second-order valence-corrected chi connectivity index (χ2v) is 7.33. The fourth-order valence-corrected chi connectivity index (χ4v) is 3.91. The molecule has 0 saturated carbocycles. The summed E-state index contributed by atoms with van der Waals surface area (Å²) in [6, 6.07) is 10.7. The van der Waals surface area contributed by atoms with Crippen LogP contribution in [0.15, 0.2) is 47.0 Å². The molecule has 31 heavy (non-hydrogen) atoms. The maximum absolute atomic E-state index is 13.0. The molecule has 9 heteroatoms. The van der Waals surface area contributed by atoms with Gasteiger partial charge >= 0.3 is 6.18 Å². The first-order chi connectivity index (χ1) is 14.9. The van der Waals surface area contributed by atoms with E-state index in [0.717, 1.165) is 48.6 Å². The number of aromatic nitrogens is 2. The van der Waals surface area contributed by atoms with Gasteiger partial charge in [0.15, 0.2) is 0 Å². The summed E-state index contributed by atoms with van der Waals surface area (Å²) in [4.78, 5) is 6.52. The highest BCUT2D eigenvalue weighted by atomic mass is 19.4. The molecule has 6 nitrogen and oxygen atoms in total. The molecule has 0 unspecified atom stereocenters. The molecule has 2 aromatic carbocycles. The molecule has 164 valence electrons. The molecular formula is C22H22F3N3O3. The Morgan fingerprint density at radius 2 is 1.97 bits per heavy atom. The van der Waals surface area contributed by atoms with E-state index in [1.807, 2.05) is 18.2 Å². The molecule has 0 spiro atoms. The van der Waals surface area contributed by atoms with Crippen LogP contribution in [-0.2, 0) is 12.7 Å². The number of hydrogen-bond donors (Lipinski definition) is 0. The van der Waals surface area contributed by atoms with Crippen LogP contribution in [0, 0.1) is 0 Å². The molecule has 0 bridgehead atoms. The second kappa shape index (κ2) is 8.58. The second-order valence-electron chi connectivity index (χ2n) is 7.33. The maximum Gasteiger partial charge on any atom is 0.416 e. The van der Waals surface area contributed by atoms with Gasteiger partial charge in [-0.05, 0) is 49.7 Å². The van der Waals surface area contributed by atoms with E-state index in [2.05, 4.69) is 15.0 Å². The zero-order valence-electron chi connectivity index (χ0n) is 17.1. The first-order valence-corrected chi connectivity index (χ1v) is 9.85. The number of benzene rings is 2. The molecule has 1 atom stereocenters. The van der Waals surface area contributed by atoms with E-state index in [-0.39, 0.29) is 17.4 Å². The van der Waals surface area contributed by atoms with Gasteiger partial charge in [0.1, 0.15) is 11.5 Å². The molecule has 1 aliphatic heterocycles. The number of alkyl halides is 3. The van der Waals surface area contributed by atoms with Crippen LogP contribution in [0.2, 0.25) is 0 Å². The zero-order valence-corrected chi connectivity index (χ0v) is 17.1. The lowest BCUT2D eigenvalue weighted by Gasteiger charge is -2.25. The van der Waals surface area contributed by atoms with Crippen molar-refractivity contribution in [3.63, 3.8) is 0 Å². The van der Waals surface area contributed by atoms with Crippen molar-refractivity contribution in [3.8, 4) is 22.9 Å². The minimum atomic E-state index is -4.43. The van der Waals surface area contributed by atoms with Gasteiger partial charge in [-0.25, -0.2) is 0 Å². The summed E-state index contributed by atoms with van der Waals surface area (Å²) in [6.07, 6.45) is -2.51. The van der Waals surface area contributed by atoms with Crippen LogP contribution >= 0.6 is 0 Å². The Balaban J connectivity index is 1.55. The van der Waals surface area contributed by atoms with Gasteiger partial charge in [-0.3, -0.25) is 4.90 Å². The summed E-state index contributed by atoms with van der Waals surface area (Å²) in [5.74, 6) is 2.00. The molecule has 1 aromatic heterocycles. The summed E-state index contributed by atoms with van der Waals surface area (Å²) in [5, 5.41) is 3.89. The highest BCUT2D eigenvalue weighted by molar-refractivity contribution is 5.55. The lowest BCUT2D eigenvalue weighted by molar-refractivity contribution is -0.137. The van der Waals surface area contributed by atoms with Crippen molar-refractivity contribution in [3.05, 3.63) is 59.5 Å². The van der Waals surface area contributed by atoms with E-state index in [1.54, 1.807) is 14.2 Å². The number of ether oxygens (including phenoxy) is 2. The number of rotatable bonds is 6. The van der Waals surface area contributed by atoms with Crippen LogP contribution in [0.3, 0.4) is 0 Å². The molecular weight excluding hydrogens is 411 g/mol. The van der Waals surface area contributed by atoms with E-state index in [0.29, 0.717) is 12.4 Å². The summed E-state index contributed by atoms with van der Waals surface area (Å²) in [6.45, 7) is 1.21. The van der Waals surface area contributed by atoms with Crippen LogP contribution in [0.25, 0.3) is 11.4 Å². The molecule has 1 fully saturated rings. The van der Waals surface area contributed by atoms with Gasteiger partial charge in [0, 0.05) is 17.2 Å². The smallest absolute Gasteiger partial charge is 0.416 e. The van der Waals surface area contributed by atoms with Crippen LogP contribution in [0.4, 0.5) is 13.2 Å². The predicted molar refractivity (Wildman–Crippen MR) is 107 cm³/mol. The molecule has 2 heterocycles. The molecule has 0 N–H and O–H groups in total. The van der Waals surface area contributed by atoms with Gasteiger partial charge in [-0.2, -0.15) is 18.2 Å². The van der Waals surface area contributed by atoms with Gasteiger partial charge in [0.05, 0.1) is 26.3 Å². The van der Waals surface area contributed by atoms with Gasteiger partial charge in [0.25, 0.3) is 0 Å². The molecule has 0 radical (unpaired) electrons. The third kappa shape index (κ3) is 4.51. The van der Waals surface area contributed by atoms with Crippen molar-refractivity contribution in [1.82, 2.24) is 15.0 Å². The van der Waals surface area contributed by atoms with Crippen molar-refractivity contribution in [2.45, 2.75) is 31.6 Å². The number of halogens is 3. The van der Waals surface area contributed by atoms with E-state index < -0.39 is 11.7 Å². The largest absolute Gasteiger partial charge is 0.497 e. The monoisotopic (exact) mass is 433 g/mol. The summed E-state index contributed by atoms with van der Waals surface area (Å²) in [7, 11) is 3.25. The third-order valence-corrected chi connectivity index (χ3v) is 5.41. The molecule has 4 rings (SSSR count). The summed E-state index contributed by atoms with van der Waals surface area (Å²) >= 11 is 0. The molecule has 0 amide bonds. The van der Waals surface area contributed by atoms with Crippen LogP contribution in [-0.4, -0.2) is 35.8 Å². The Bertz CT molecular complexity index is 1050. The Morgan fingerprint density at radius 1 is 1.13 bits per heavy atom. The van der Waals surface area contributed by atoms with Gasteiger partial charge in [-0.1, -0.05) is 17.3 Å². The fourth-order valence-electron chi connectivity index (χ4n) is 3.91. The minimum Gasteiger partial charge on any atom is -0.497 e. The maximum atomic E-state index is 13.0. The Hall–Kier alpha value is -3.07. The molecule has 1 saturated heterocycles. The standard InChI is InChI=1S/C22H22F3N3O3/c1-29-16-8-9-19(30-2)17(12-16)18-7-4-10-28(18)13-20-26-21(27-31-20)14-5-3-6-15(11-14)22(23,24)25/h3,5-6,8-9,11-12,18H,4,7,10,13H2,1-2H3/t18-/m1/s1. The first kappa shape index (κ1) is 21.2. The number of likely N-dealkylation sites (tertiary alicyclic amines) is 1. The molecule has 1 aliphatic rings. The lowest BCUT2D eigenvalue weighted by Crippen LogP contribution is -2.23. The quantitative estimate of drug-likeness (QED) is 0.539. The highest BCUT2D eigenvalue weighted by Crippen LogP contribution is 2.39. The molecule has 0 aliphatic carbocycles. The topological polar surface area (TPSA) is 60.6 Å². The Morgan fingerprint density at radius 3 is 2.71 bits per heavy atom. The van der Waals surface area contributed by atoms with Crippen molar-refractivity contribution in [1.29, 1.82) is 0 Å². The van der Waals surface area contributed by atoms with Gasteiger partial charge in [0.2, 0.25) is 11.7 Å². The van der Waals surface area contributed by atoms with Crippen LogP contribution < -0.4 is 9.47 Å². The van der Waals surface area contributed by atoms with Gasteiger partial charge in [-0.15, -0.1) is 0 Å². The fraction of sp³-hybridized carbons (Fsp3) is 0.364. The van der Waals surface area contributed by atoms with Crippen molar-refractivity contribution in [2.75, 3.05) is 20.8 Å².